The lowest BCUT2D eigenvalue weighted by atomic mass is 9.70. The molecule has 6 atom stereocenters. The first-order chi connectivity index (χ1) is 10.3. The van der Waals surface area contributed by atoms with Gasteiger partial charge in [0.05, 0.1) is 11.7 Å². The first-order valence-electron chi connectivity index (χ1n) is 8.64. The van der Waals surface area contributed by atoms with Crippen LogP contribution >= 0.6 is 0 Å². The Morgan fingerprint density at radius 2 is 1.95 bits per heavy atom. The van der Waals surface area contributed by atoms with Gasteiger partial charge in [-0.1, -0.05) is 42.9 Å². The Labute approximate surface area is 134 Å². The average Bonchev–Trinajstić information content (AvgIpc) is 3.00. The molecule has 1 saturated heterocycles. The zero-order valence-corrected chi connectivity index (χ0v) is 14.4. The van der Waals surface area contributed by atoms with Crippen molar-refractivity contribution < 1.29 is 9.84 Å². The molecule has 1 heterocycles. The summed E-state index contributed by atoms with van der Waals surface area (Å²) in [6, 6.07) is 0. The van der Waals surface area contributed by atoms with Crippen LogP contribution in [0.15, 0.2) is 36.0 Å². The number of fused-ring (bicyclic) bond motifs is 2. The van der Waals surface area contributed by atoms with E-state index in [1.165, 1.54) is 18.4 Å². The molecule has 2 nitrogen and oxygen atoms in total. The summed E-state index contributed by atoms with van der Waals surface area (Å²) in [7, 11) is 0. The van der Waals surface area contributed by atoms with Crippen LogP contribution in [-0.2, 0) is 4.74 Å². The lowest BCUT2D eigenvalue weighted by Gasteiger charge is -2.37. The van der Waals surface area contributed by atoms with E-state index in [2.05, 4.69) is 45.6 Å². The molecule has 0 radical (unpaired) electrons. The Hall–Kier alpha value is -0.860. The average molecular weight is 302 g/mol. The van der Waals surface area contributed by atoms with Crippen molar-refractivity contribution in [2.24, 2.45) is 17.3 Å². The monoisotopic (exact) mass is 302 g/mol. The molecule has 3 aliphatic rings. The zero-order valence-electron chi connectivity index (χ0n) is 14.4. The van der Waals surface area contributed by atoms with Gasteiger partial charge >= 0.3 is 0 Å². The fourth-order valence-electron chi connectivity index (χ4n) is 4.89. The lowest BCUT2D eigenvalue weighted by Crippen LogP contribution is -2.40. The molecule has 22 heavy (non-hydrogen) atoms. The predicted molar refractivity (Wildman–Crippen MR) is 90.6 cm³/mol. The minimum Gasteiger partial charge on any atom is -0.390 e. The lowest BCUT2D eigenvalue weighted by molar-refractivity contribution is -0.0165. The highest BCUT2D eigenvalue weighted by Gasteiger charge is 2.65. The molecular weight excluding hydrogens is 272 g/mol. The number of aliphatic hydroxyl groups is 1. The molecule has 0 amide bonds. The number of ether oxygens (including phenoxy) is 1. The molecule has 0 unspecified atom stereocenters. The molecule has 2 aliphatic carbocycles. The molecule has 2 heteroatoms. The number of aliphatic hydroxyl groups excluding tert-OH is 1. The third-order valence-corrected chi connectivity index (χ3v) is 6.51. The van der Waals surface area contributed by atoms with Crippen molar-refractivity contribution in [3.63, 3.8) is 0 Å². The van der Waals surface area contributed by atoms with Gasteiger partial charge < -0.3 is 9.84 Å². The molecule has 0 aromatic rings. The highest BCUT2D eigenvalue weighted by molar-refractivity contribution is 5.24. The highest BCUT2D eigenvalue weighted by atomic mass is 16.6. The van der Waals surface area contributed by atoms with Crippen molar-refractivity contribution in [1.29, 1.82) is 0 Å². The Balaban J connectivity index is 1.80. The third-order valence-electron chi connectivity index (χ3n) is 6.51. The van der Waals surface area contributed by atoms with Crippen molar-refractivity contribution in [2.75, 3.05) is 0 Å². The van der Waals surface area contributed by atoms with E-state index in [1.54, 1.807) is 0 Å². The number of hydrogen-bond acceptors (Lipinski definition) is 2. The smallest absolute Gasteiger partial charge is 0.113 e. The Kier molecular flexibility index (Phi) is 3.89. The van der Waals surface area contributed by atoms with Gasteiger partial charge in [-0.15, -0.1) is 0 Å². The van der Waals surface area contributed by atoms with E-state index < -0.39 is 0 Å². The molecule has 1 N–H and O–H groups in total. The second-order valence-electron chi connectivity index (χ2n) is 8.21. The molecule has 0 spiro atoms. The largest absolute Gasteiger partial charge is 0.390 e. The van der Waals surface area contributed by atoms with Gasteiger partial charge in [0.15, 0.2) is 0 Å². The summed E-state index contributed by atoms with van der Waals surface area (Å²) in [6.45, 7) is 12.6. The van der Waals surface area contributed by atoms with E-state index in [4.69, 9.17) is 4.74 Å². The summed E-state index contributed by atoms with van der Waals surface area (Å²) in [5, 5.41) is 10.9. The van der Waals surface area contributed by atoms with E-state index in [9.17, 15) is 5.11 Å². The van der Waals surface area contributed by atoms with Crippen molar-refractivity contribution in [3.8, 4) is 0 Å². The number of allylic oxidation sites excluding steroid dienone is 5. The van der Waals surface area contributed by atoms with Gasteiger partial charge in [-0.2, -0.15) is 0 Å². The van der Waals surface area contributed by atoms with Crippen molar-refractivity contribution in [1.82, 2.24) is 0 Å². The molecule has 3 fully saturated rings. The van der Waals surface area contributed by atoms with E-state index >= 15 is 0 Å². The quantitative estimate of drug-likeness (QED) is 0.619. The molecule has 0 aromatic heterocycles. The number of epoxide rings is 1. The molecule has 1 aliphatic heterocycles. The van der Waals surface area contributed by atoms with E-state index in [0.717, 1.165) is 18.4 Å². The first-order valence-corrected chi connectivity index (χ1v) is 8.64. The van der Waals surface area contributed by atoms with Crippen LogP contribution in [0, 0.1) is 17.3 Å². The topological polar surface area (TPSA) is 32.8 Å². The van der Waals surface area contributed by atoms with Crippen LogP contribution in [-0.4, -0.2) is 22.9 Å². The van der Waals surface area contributed by atoms with Crippen molar-refractivity contribution >= 4 is 0 Å². The third kappa shape index (κ3) is 2.51. The van der Waals surface area contributed by atoms with Crippen LogP contribution in [0.4, 0.5) is 0 Å². The van der Waals surface area contributed by atoms with E-state index in [0.29, 0.717) is 11.8 Å². The first kappa shape index (κ1) is 16.0. The SMILES string of the molecule is C=C(C)/C=C/C=C(/C)[C@@H]1CC[C@]2(C)[C@H](O)[C@@H]3O[C@]3(C)CC[C@@H]12. The molecule has 3 rings (SSSR count). The maximum Gasteiger partial charge on any atom is 0.113 e. The second-order valence-corrected chi connectivity index (χ2v) is 8.21. The van der Waals surface area contributed by atoms with Crippen LogP contribution in [0.1, 0.15) is 53.4 Å². The summed E-state index contributed by atoms with van der Waals surface area (Å²) < 4.78 is 5.83. The number of rotatable bonds is 3. The van der Waals surface area contributed by atoms with Gasteiger partial charge in [0.1, 0.15) is 6.10 Å². The molecule has 0 aromatic carbocycles. The summed E-state index contributed by atoms with van der Waals surface area (Å²) >= 11 is 0. The van der Waals surface area contributed by atoms with Gasteiger partial charge in [0.2, 0.25) is 0 Å². The van der Waals surface area contributed by atoms with Crippen molar-refractivity contribution in [3.05, 3.63) is 36.0 Å². The fraction of sp³-hybridized carbons (Fsp3) is 0.700. The fourth-order valence-corrected chi connectivity index (χ4v) is 4.89. The van der Waals surface area contributed by atoms with Crippen LogP contribution in [0.3, 0.4) is 0 Å². The normalized spacial score (nSPS) is 48.0. The van der Waals surface area contributed by atoms with Crippen molar-refractivity contribution in [2.45, 2.75) is 71.2 Å². The van der Waals surface area contributed by atoms with Crippen LogP contribution in [0.25, 0.3) is 0 Å². The summed E-state index contributed by atoms with van der Waals surface area (Å²) in [5.74, 6) is 1.17. The summed E-state index contributed by atoms with van der Waals surface area (Å²) in [5.41, 5.74) is 2.47. The van der Waals surface area contributed by atoms with Crippen LogP contribution in [0.2, 0.25) is 0 Å². The maximum absolute atomic E-state index is 10.9. The minimum absolute atomic E-state index is 0.0107. The molecule has 122 valence electrons. The standard InChI is InChI=1S/C20H30O2/c1-13(2)7-6-8-14(3)15-9-11-19(4)16(15)10-12-20(5)18(22-20)17(19)21/h6-8,15-18,21H,1,9-12H2,2-5H3/b7-6+,14-8-/t15-,16-,17+,18-,19-,20+/m0/s1. The van der Waals surface area contributed by atoms with Gasteiger partial charge in [0.25, 0.3) is 0 Å². The van der Waals surface area contributed by atoms with Gasteiger partial charge in [-0.3, -0.25) is 0 Å². The Morgan fingerprint density at radius 1 is 1.23 bits per heavy atom. The second kappa shape index (κ2) is 5.35. The van der Waals surface area contributed by atoms with E-state index in [1.807, 2.05) is 6.92 Å². The summed E-state index contributed by atoms with van der Waals surface area (Å²) in [4.78, 5) is 0. The van der Waals surface area contributed by atoms with Crippen LogP contribution in [0.5, 0.6) is 0 Å². The Morgan fingerprint density at radius 3 is 2.64 bits per heavy atom. The molecule has 2 saturated carbocycles. The Bertz CT molecular complexity index is 532. The van der Waals surface area contributed by atoms with Crippen LogP contribution < -0.4 is 0 Å². The molecular formula is C20H30O2. The predicted octanol–water partition coefficient (Wildman–Crippen LogP) is 4.41. The highest BCUT2D eigenvalue weighted by Crippen LogP contribution is 2.61. The maximum atomic E-state index is 10.9. The zero-order chi connectivity index (χ0) is 16.1. The summed E-state index contributed by atoms with van der Waals surface area (Å²) in [6.07, 6.45) is 10.7. The minimum atomic E-state index is -0.311. The van der Waals surface area contributed by atoms with Gasteiger partial charge in [0, 0.05) is 0 Å². The van der Waals surface area contributed by atoms with Gasteiger partial charge in [-0.25, -0.2) is 0 Å². The van der Waals surface area contributed by atoms with E-state index in [-0.39, 0.29) is 23.2 Å². The van der Waals surface area contributed by atoms with Gasteiger partial charge in [-0.05, 0) is 63.7 Å². The molecule has 0 bridgehead atoms. The number of hydrogen-bond donors (Lipinski definition) is 1.